The Bertz CT molecular complexity index is 635. The molecule has 0 fully saturated rings. The van der Waals surface area contributed by atoms with Crippen LogP contribution in [0.3, 0.4) is 0 Å². The number of H-pyrrole nitrogens is 1. The number of nitrogens with one attached hydrogen (secondary N) is 1. The predicted octanol–water partition coefficient (Wildman–Crippen LogP) is 2.53. The molecule has 0 spiro atoms. The van der Waals surface area contributed by atoms with Gasteiger partial charge in [0.1, 0.15) is 5.75 Å². The molecule has 0 aliphatic heterocycles. The molecule has 1 aromatic carbocycles. The zero-order valence-electron chi connectivity index (χ0n) is 11.8. The molecule has 6 heteroatoms. The van der Waals surface area contributed by atoms with Crippen LogP contribution in [-0.4, -0.2) is 28.3 Å². The molecule has 1 heterocycles. The average Bonchev–Trinajstić information content (AvgIpc) is 2.78. The van der Waals surface area contributed by atoms with Gasteiger partial charge in [-0.2, -0.15) is 0 Å². The normalized spacial score (nSPS) is 11.9. The lowest BCUT2D eigenvalue weighted by Crippen LogP contribution is -2.18. The van der Waals surface area contributed by atoms with E-state index in [0.29, 0.717) is 12.2 Å². The van der Waals surface area contributed by atoms with Crippen LogP contribution in [-0.2, 0) is 4.79 Å². The third-order valence-electron chi connectivity index (χ3n) is 3.15. The van der Waals surface area contributed by atoms with Crippen LogP contribution >= 0.6 is 0 Å². The van der Waals surface area contributed by atoms with Gasteiger partial charge in [-0.1, -0.05) is 19.1 Å². The molecule has 6 nitrogen and oxygen atoms in total. The molecule has 1 atom stereocenters. The standard InChI is InChI=1S/C15H17NO5/c1-3-11(9-5-4-6-10(7-9)20-2)15(19)21-12-8-13(17)16-14(12)18/h4-8,11,16-18H,3H2,1-2H3. The van der Waals surface area contributed by atoms with Gasteiger partial charge < -0.3 is 19.7 Å². The van der Waals surface area contributed by atoms with Crippen LogP contribution in [0.15, 0.2) is 30.3 Å². The Hall–Kier alpha value is -2.63. The van der Waals surface area contributed by atoms with Crippen molar-refractivity contribution in [1.82, 2.24) is 4.98 Å². The Morgan fingerprint density at radius 3 is 2.67 bits per heavy atom. The molecule has 112 valence electrons. The van der Waals surface area contributed by atoms with E-state index in [1.807, 2.05) is 13.0 Å². The minimum Gasteiger partial charge on any atom is -0.497 e. The van der Waals surface area contributed by atoms with E-state index in [-0.39, 0.29) is 17.5 Å². The van der Waals surface area contributed by atoms with Gasteiger partial charge in [-0.3, -0.25) is 9.78 Å². The fraction of sp³-hybridized carbons (Fsp3) is 0.267. The van der Waals surface area contributed by atoms with Gasteiger partial charge in [-0.15, -0.1) is 0 Å². The Morgan fingerprint density at radius 2 is 2.10 bits per heavy atom. The molecular weight excluding hydrogens is 274 g/mol. The van der Waals surface area contributed by atoms with Crippen molar-refractivity contribution in [2.75, 3.05) is 7.11 Å². The van der Waals surface area contributed by atoms with Crippen LogP contribution in [0.2, 0.25) is 0 Å². The Labute approximate surface area is 121 Å². The molecule has 2 aromatic rings. The first-order valence-electron chi connectivity index (χ1n) is 6.51. The molecule has 2 rings (SSSR count). The lowest BCUT2D eigenvalue weighted by molar-refractivity contribution is -0.136. The highest BCUT2D eigenvalue weighted by molar-refractivity contribution is 5.81. The number of hydrogen-bond donors (Lipinski definition) is 3. The summed E-state index contributed by atoms with van der Waals surface area (Å²) in [7, 11) is 1.55. The first-order chi connectivity index (χ1) is 10.0. The second-order valence-corrected chi connectivity index (χ2v) is 4.53. The molecule has 0 amide bonds. The summed E-state index contributed by atoms with van der Waals surface area (Å²) in [6.07, 6.45) is 0.531. The number of aromatic hydroxyl groups is 2. The largest absolute Gasteiger partial charge is 0.497 e. The summed E-state index contributed by atoms with van der Waals surface area (Å²) in [4.78, 5) is 14.5. The van der Waals surface area contributed by atoms with E-state index in [1.54, 1.807) is 25.3 Å². The van der Waals surface area contributed by atoms with Gasteiger partial charge in [0.05, 0.1) is 13.0 Å². The number of carbonyl (C=O) groups excluding carboxylic acids is 1. The highest BCUT2D eigenvalue weighted by Gasteiger charge is 2.23. The average molecular weight is 291 g/mol. The maximum absolute atomic E-state index is 12.2. The summed E-state index contributed by atoms with van der Waals surface area (Å²) in [5.41, 5.74) is 0.765. The number of rotatable bonds is 5. The second kappa shape index (κ2) is 6.21. The predicted molar refractivity (Wildman–Crippen MR) is 75.8 cm³/mol. The van der Waals surface area contributed by atoms with Crippen LogP contribution in [0.25, 0.3) is 0 Å². The molecular formula is C15H17NO5. The summed E-state index contributed by atoms with van der Waals surface area (Å²) < 4.78 is 10.3. The number of aromatic amines is 1. The fourth-order valence-corrected chi connectivity index (χ4v) is 2.07. The zero-order chi connectivity index (χ0) is 15.4. The first kappa shape index (κ1) is 14.8. The summed E-state index contributed by atoms with van der Waals surface area (Å²) in [5.74, 6) is -1.11. The minimum atomic E-state index is -0.514. The summed E-state index contributed by atoms with van der Waals surface area (Å²) in [6.45, 7) is 1.86. The Kier molecular flexibility index (Phi) is 4.37. The van der Waals surface area contributed by atoms with Gasteiger partial charge in [0, 0.05) is 6.07 Å². The molecule has 0 bridgehead atoms. The number of benzene rings is 1. The zero-order valence-corrected chi connectivity index (χ0v) is 11.8. The summed E-state index contributed by atoms with van der Waals surface area (Å²) in [6, 6.07) is 8.31. The molecule has 21 heavy (non-hydrogen) atoms. The lowest BCUT2D eigenvalue weighted by Gasteiger charge is -2.14. The van der Waals surface area contributed by atoms with Gasteiger partial charge in [-0.05, 0) is 24.1 Å². The second-order valence-electron chi connectivity index (χ2n) is 4.53. The van der Waals surface area contributed by atoms with Gasteiger partial charge in [0.2, 0.25) is 5.88 Å². The van der Waals surface area contributed by atoms with Crippen molar-refractivity contribution in [3.8, 4) is 23.3 Å². The highest BCUT2D eigenvalue weighted by atomic mass is 16.5. The van der Waals surface area contributed by atoms with Gasteiger partial charge in [0.25, 0.3) is 0 Å². The Balaban J connectivity index is 2.20. The van der Waals surface area contributed by atoms with Crippen LogP contribution in [0.4, 0.5) is 0 Å². The van der Waals surface area contributed by atoms with E-state index < -0.39 is 11.9 Å². The number of carbonyl (C=O) groups is 1. The topological polar surface area (TPSA) is 91.8 Å². The van der Waals surface area contributed by atoms with Crippen molar-refractivity contribution in [1.29, 1.82) is 0 Å². The molecule has 0 radical (unpaired) electrons. The first-order valence-corrected chi connectivity index (χ1v) is 6.51. The fourth-order valence-electron chi connectivity index (χ4n) is 2.07. The third-order valence-corrected chi connectivity index (χ3v) is 3.15. The number of ether oxygens (including phenoxy) is 2. The van der Waals surface area contributed by atoms with Crippen molar-refractivity contribution in [2.24, 2.45) is 0 Å². The number of methoxy groups -OCH3 is 1. The number of hydrogen-bond acceptors (Lipinski definition) is 5. The van der Waals surface area contributed by atoms with E-state index >= 15 is 0 Å². The lowest BCUT2D eigenvalue weighted by atomic mass is 9.96. The van der Waals surface area contributed by atoms with E-state index in [1.165, 1.54) is 0 Å². The monoisotopic (exact) mass is 291 g/mol. The van der Waals surface area contributed by atoms with Gasteiger partial charge in [-0.25, -0.2) is 0 Å². The molecule has 0 aliphatic carbocycles. The van der Waals surface area contributed by atoms with Crippen LogP contribution in [0.1, 0.15) is 24.8 Å². The highest BCUT2D eigenvalue weighted by Crippen LogP contribution is 2.32. The van der Waals surface area contributed by atoms with Crippen LogP contribution in [0, 0.1) is 0 Å². The quantitative estimate of drug-likeness (QED) is 0.736. The summed E-state index contributed by atoms with van der Waals surface area (Å²) >= 11 is 0. The van der Waals surface area contributed by atoms with Gasteiger partial charge >= 0.3 is 5.97 Å². The van der Waals surface area contributed by atoms with Crippen LogP contribution < -0.4 is 9.47 Å². The molecule has 1 unspecified atom stereocenters. The van der Waals surface area contributed by atoms with Crippen molar-refractivity contribution < 1.29 is 24.5 Å². The van der Waals surface area contributed by atoms with E-state index in [2.05, 4.69) is 4.98 Å². The molecule has 0 saturated carbocycles. The van der Waals surface area contributed by atoms with Crippen molar-refractivity contribution >= 4 is 5.97 Å². The minimum absolute atomic E-state index is 0.0983. The number of esters is 1. The summed E-state index contributed by atoms with van der Waals surface area (Å²) in [5, 5.41) is 18.7. The molecule has 0 aliphatic rings. The third kappa shape index (κ3) is 3.28. The van der Waals surface area contributed by atoms with Crippen LogP contribution in [0.5, 0.6) is 23.3 Å². The molecule has 1 aromatic heterocycles. The van der Waals surface area contributed by atoms with Gasteiger partial charge in [0.15, 0.2) is 11.6 Å². The van der Waals surface area contributed by atoms with E-state index in [9.17, 15) is 15.0 Å². The SMILES string of the molecule is CCC(C(=O)Oc1cc(O)[nH]c1O)c1cccc(OC)c1. The maximum Gasteiger partial charge on any atom is 0.318 e. The van der Waals surface area contributed by atoms with Crippen molar-refractivity contribution in [2.45, 2.75) is 19.3 Å². The maximum atomic E-state index is 12.2. The van der Waals surface area contributed by atoms with E-state index in [0.717, 1.165) is 11.6 Å². The van der Waals surface area contributed by atoms with Crippen molar-refractivity contribution in [3.63, 3.8) is 0 Å². The Morgan fingerprint density at radius 1 is 1.33 bits per heavy atom. The van der Waals surface area contributed by atoms with Crippen molar-refractivity contribution in [3.05, 3.63) is 35.9 Å². The van der Waals surface area contributed by atoms with E-state index in [4.69, 9.17) is 9.47 Å². The molecule has 3 N–H and O–H groups in total. The number of aromatic nitrogens is 1. The smallest absolute Gasteiger partial charge is 0.318 e. The molecule has 0 saturated heterocycles.